The smallest absolute Gasteiger partial charge is 0.290 e. The monoisotopic (exact) mass is 463 g/mol. The van der Waals surface area contributed by atoms with Gasteiger partial charge in [-0.15, -0.1) is 0 Å². The molecule has 9 heteroatoms. The van der Waals surface area contributed by atoms with E-state index < -0.39 is 0 Å². The van der Waals surface area contributed by atoms with Gasteiger partial charge in [-0.05, 0) is 46.9 Å². The molecule has 1 spiro atoms. The molecule has 33 heavy (non-hydrogen) atoms. The second kappa shape index (κ2) is 8.44. The largest absolute Gasteiger partial charge is 0.483 e. The fourth-order valence-electron chi connectivity index (χ4n) is 5.43. The molecule has 0 unspecified atom stereocenters. The molecule has 1 N–H and O–H groups in total. The molecule has 6 rings (SSSR count). The van der Waals surface area contributed by atoms with Crippen molar-refractivity contribution in [2.24, 2.45) is 0 Å². The summed E-state index contributed by atoms with van der Waals surface area (Å²) in [7, 11) is 0. The molecule has 0 aliphatic heterocycles. The lowest BCUT2D eigenvalue weighted by Gasteiger charge is -2.36. The van der Waals surface area contributed by atoms with E-state index >= 15 is 0 Å². The van der Waals surface area contributed by atoms with Crippen molar-refractivity contribution in [2.45, 2.75) is 44.1 Å². The van der Waals surface area contributed by atoms with Crippen LogP contribution in [0.2, 0.25) is 5.02 Å². The average molecular weight is 464 g/mol. The third-order valence-electron chi connectivity index (χ3n) is 6.78. The number of tetrazole rings is 1. The van der Waals surface area contributed by atoms with Gasteiger partial charge in [0.15, 0.2) is 0 Å². The van der Waals surface area contributed by atoms with Crippen molar-refractivity contribution in [1.29, 1.82) is 0 Å². The van der Waals surface area contributed by atoms with E-state index in [0.717, 1.165) is 54.5 Å². The maximum absolute atomic E-state index is 14.0. The van der Waals surface area contributed by atoms with E-state index in [4.69, 9.17) is 21.5 Å². The molecular weight excluding hydrogens is 442 g/mol. The van der Waals surface area contributed by atoms with Crippen LogP contribution in [-0.2, 0) is 23.2 Å². The Morgan fingerprint density at radius 3 is 2.55 bits per heavy atom. The average Bonchev–Trinajstić information content (AvgIpc) is 3.48. The molecule has 0 bridgehead atoms. The maximum atomic E-state index is 14.0. The van der Waals surface area contributed by atoms with Crippen LogP contribution in [0.15, 0.2) is 53.3 Å². The number of carbonyl (C=O) groups is 1. The summed E-state index contributed by atoms with van der Waals surface area (Å²) in [6.45, 7) is 0.0907. The van der Waals surface area contributed by atoms with Crippen molar-refractivity contribution in [3.63, 3.8) is 0 Å². The summed E-state index contributed by atoms with van der Waals surface area (Å²) >= 11 is 6.41. The van der Waals surface area contributed by atoms with Gasteiger partial charge in [-0.2, -0.15) is 4.52 Å². The van der Waals surface area contributed by atoms with E-state index in [2.05, 4.69) is 33.7 Å². The first-order valence-corrected chi connectivity index (χ1v) is 11.2. The summed E-state index contributed by atoms with van der Waals surface area (Å²) in [5.41, 5.74) is 4.79. The van der Waals surface area contributed by atoms with Crippen LogP contribution >= 0.6 is 11.6 Å². The van der Waals surface area contributed by atoms with Crippen LogP contribution in [0.4, 0.5) is 0 Å². The first kappa shape index (κ1) is 21.3. The van der Waals surface area contributed by atoms with E-state index in [9.17, 15) is 4.79 Å². The third-order valence-corrected chi connectivity index (χ3v) is 7.15. The van der Waals surface area contributed by atoms with Crippen LogP contribution in [0.5, 0.6) is 0 Å². The number of carboxylic acid groups (broad SMARTS) is 1. The normalized spacial score (nSPS) is 15.5. The molecular formula is C24H22ClN5O3. The second-order valence-corrected chi connectivity index (χ2v) is 8.93. The quantitative estimate of drug-likeness (QED) is 0.454. The Kier molecular flexibility index (Phi) is 5.46. The van der Waals surface area contributed by atoms with Gasteiger partial charge in [-0.25, -0.2) is 0 Å². The number of aromatic nitrogens is 5. The molecule has 2 aliphatic carbocycles. The van der Waals surface area contributed by atoms with Crippen molar-refractivity contribution in [2.75, 3.05) is 0 Å². The van der Waals surface area contributed by atoms with Crippen LogP contribution in [0, 0.1) is 0 Å². The van der Waals surface area contributed by atoms with Crippen LogP contribution in [0.1, 0.15) is 42.4 Å². The minimum atomic E-state index is -0.250. The molecule has 0 amide bonds. The van der Waals surface area contributed by atoms with Gasteiger partial charge in [0.05, 0.1) is 17.8 Å². The van der Waals surface area contributed by atoms with Gasteiger partial charge in [-0.3, -0.25) is 14.2 Å². The highest BCUT2D eigenvalue weighted by Gasteiger charge is 2.45. The Morgan fingerprint density at radius 2 is 1.79 bits per heavy atom. The third kappa shape index (κ3) is 3.41. The fraction of sp³-hybridized carbons (Fsp3) is 0.292. The predicted molar refractivity (Wildman–Crippen MR) is 124 cm³/mol. The molecule has 0 radical (unpaired) electrons. The van der Waals surface area contributed by atoms with Gasteiger partial charge in [0, 0.05) is 16.0 Å². The maximum Gasteiger partial charge on any atom is 0.290 e. The summed E-state index contributed by atoms with van der Waals surface area (Å²) in [5.74, 6) is 0.448. The highest BCUT2D eigenvalue weighted by molar-refractivity contribution is 6.31. The lowest BCUT2D eigenvalue weighted by atomic mass is 9.68. The number of hydrogen-bond acceptors (Lipinski definition) is 5. The number of benzene rings is 2. The number of fused-ring (bicyclic) bond motifs is 6. The van der Waals surface area contributed by atoms with Crippen molar-refractivity contribution in [3.05, 3.63) is 80.6 Å². The van der Waals surface area contributed by atoms with Crippen molar-refractivity contribution in [3.8, 4) is 11.3 Å². The van der Waals surface area contributed by atoms with Gasteiger partial charge in [0.2, 0.25) is 0 Å². The Bertz CT molecular complexity index is 1400. The molecule has 2 heterocycles. The van der Waals surface area contributed by atoms with Gasteiger partial charge < -0.3 is 5.11 Å². The van der Waals surface area contributed by atoms with Gasteiger partial charge in [-0.1, -0.05) is 72.0 Å². The summed E-state index contributed by atoms with van der Waals surface area (Å²) in [5, 5.41) is 20.0. The molecule has 1 saturated carbocycles. The zero-order valence-corrected chi connectivity index (χ0v) is 18.6. The number of nitrogens with zero attached hydrogens (tertiary/aromatic N) is 5. The molecule has 1 fully saturated rings. The number of hydrogen-bond donors (Lipinski definition) is 1. The Hall–Kier alpha value is -3.52. The van der Waals surface area contributed by atoms with E-state index in [-0.39, 0.29) is 17.4 Å². The molecule has 8 nitrogen and oxygen atoms in total. The highest BCUT2D eigenvalue weighted by Crippen LogP contribution is 2.50. The van der Waals surface area contributed by atoms with E-state index in [1.807, 2.05) is 30.3 Å². The zero-order valence-electron chi connectivity index (χ0n) is 17.8. The van der Waals surface area contributed by atoms with Crippen LogP contribution in [-0.4, -0.2) is 36.2 Å². The molecule has 4 aromatic rings. The Morgan fingerprint density at radius 1 is 1.09 bits per heavy atom. The minimum Gasteiger partial charge on any atom is -0.483 e. The summed E-state index contributed by atoms with van der Waals surface area (Å²) in [6, 6.07) is 15.9. The van der Waals surface area contributed by atoms with Gasteiger partial charge in [0.1, 0.15) is 0 Å². The first-order valence-electron chi connectivity index (χ1n) is 10.8. The van der Waals surface area contributed by atoms with Gasteiger partial charge >= 0.3 is 0 Å². The Labute approximate surface area is 194 Å². The van der Waals surface area contributed by atoms with E-state index in [1.165, 1.54) is 5.56 Å². The predicted octanol–water partition coefficient (Wildman–Crippen LogP) is 3.72. The Balaban J connectivity index is 0.000000724. The minimum absolute atomic E-state index is 0.00335. The molecule has 2 aromatic carbocycles. The molecule has 2 aromatic heterocycles. The summed E-state index contributed by atoms with van der Waals surface area (Å²) in [6.07, 6.45) is 5.20. The zero-order chi connectivity index (χ0) is 23.0. The lowest BCUT2D eigenvalue weighted by Crippen LogP contribution is -2.41. The van der Waals surface area contributed by atoms with Crippen LogP contribution < -0.4 is 5.56 Å². The highest BCUT2D eigenvalue weighted by atomic mass is 35.5. The number of halogens is 1. The van der Waals surface area contributed by atoms with E-state index in [0.29, 0.717) is 17.3 Å². The standard InChI is InChI=1S/C23H20ClN5O.CH2O2/c24-18-10-4-2-8-16(18)14-28-21(30)19-20(29-22(28)25-26-27-29)17-9-3-1-7-15(17)13-23(19)11-5-6-12-23;2-1-3/h1-4,7-10H,5-6,11-14H2;1H,(H,2,3). The lowest BCUT2D eigenvalue weighted by molar-refractivity contribution is -0.122. The van der Waals surface area contributed by atoms with Crippen molar-refractivity contribution in [1.82, 2.24) is 24.6 Å². The fourth-order valence-corrected chi connectivity index (χ4v) is 5.63. The molecule has 168 valence electrons. The molecule has 0 saturated heterocycles. The first-order chi connectivity index (χ1) is 16.1. The van der Waals surface area contributed by atoms with Crippen molar-refractivity contribution >= 4 is 23.9 Å². The van der Waals surface area contributed by atoms with Gasteiger partial charge in [0.25, 0.3) is 17.8 Å². The summed E-state index contributed by atoms with van der Waals surface area (Å²) < 4.78 is 3.44. The summed E-state index contributed by atoms with van der Waals surface area (Å²) in [4.78, 5) is 22.4. The van der Waals surface area contributed by atoms with Crippen molar-refractivity contribution < 1.29 is 9.90 Å². The molecule has 0 atom stereocenters. The number of rotatable bonds is 2. The topological polar surface area (TPSA) is 102 Å². The van der Waals surface area contributed by atoms with Crippen LogP contribution in [0.25, 0.3) is 17.0 Å². The second-order valence-electron chi connectivity index (χ2n) is 8.52. The van der Waals surface area contributed by atoms with E-state index in [1.54, 1.807) is 9.08 Å². The van der Waals surface area contributed by atoms with Crippen LogP contribution in [0.3, 0.4) is 0 Å². The molecule has 2 aliphatic rings. The SMILES string of the molecule is O=CO.O=c1c2c(n3nnnc3n1Cc1ccccc1Cl)-c1ccccc1CC21CCCC1.